The third-order valence-corrected chi connectivity index (χ3v) is 11.0. The lowest BCUT2D eigenvalue weighted by molar-refractivity contribution is -0.137. The Hall–Kier alpha value is -2.43. The minimum Gasteiger partial charge on any atom is -0.463 e. The number of unbranched alkanes of at least 4 members (excludes halogenated alkanes) is 3. The highest BCUT2D eigenvalue weighted by Crippen LogP contribution is 2.38. The molecule has 0 unspecified atom stereocenters. The molecule has 0 aromatic heterocycles. The van der Waals surface area contributed by atoms with Crippen LogP contribution in [0.4, 0.5) is 0 Å². The van der Waals surface area contributed by atoms with E-state index in [1.165, 1.54) is 35.7 Å². The molecule has 0 bridgehead atoms. The molecular formula is C30H42O3Si. The number of hydrogen-bond donors (Lipinski definition) is 0. The molecule has 0 radical (unpaired) electrons. The molecule has 3 nitrogen and oxygen atoms in total. The van der Waals surface area contributed by atoms with E-state index in [2.05, 4.69) is 88.4 Å². The number of carbonyl (C=O) groups is 1. The normalized spacial score (nSPS) is 13.4. The maximum atomic E-state index is 12.1. The summed E-state index contributed by atoms with van der Waals surface area (Å²) in [5.41, 5.74) is 0. The molecule has 0 aliphatic heterocycles. The van der Waals surface area contributed by atoms with E-state index in [0.29, 0.717) is 13.0 Å². The van der Waals surface area contributed by atoms with E-state index < -0.39 is 8.32 Å². The summed E-state index contributed by atoms with van der Waals surface area (Å²) < 4.78 is 12.4. The predicted molar refractivity (Wildman–Crippen MR) is 146 cm³/mol. The van der Waals surface area contributed by atoms with E-state index in [-0.39, 0.29) is 17.1 Å². The van der Waals surface area contributed by atoms with Gasteiger partial charge in [0.1, 0.15) is 0 Å². The number of allylic oxidation sites excluding steroid dienone is 1. The van der Waals surface area contributed by atoms with Gasteiger partial charge in [-0.2, -0.15) is 0 Å². The molecule has 0 saturated carbocycles. The smallest absolute Gasteiger partial charge is 0.330 e. The highest BCUT2D eigenvalue weighted by molar-refractivity contribution is 6.99. The number of ether oxygens (including phenoxy) is 1. The molecule has 0 N–H and O–H groups in total. The van der Waals surface area contributed by atoms with Gasteiger partial charge in [-0.1, -0.05) is 113 Å². The van der Waals surface area contributed by atoms with Crippen molar-refractivity contribution in [3.63, 3.8) is 0 Å². The Morgan fingerprint density at radius 1 is 0.912 bits per heavy atom. The Morgan fingerprint density at radius 3 is 2.00 bits per heavy atom. The predicted octanol–water partition coefficient (Wildman–Crippen LogP) is 6.58. The first-order valence-electron chi connectivity index (χ1n) is 12.6. The Morgan fingerprint density at radius 2 is 1.50 bits per heavy atom. The van der Waals surface area contributed by atoms with Crippen molar-refractivity contribution in [1.29, 1.82) is 0 Å². The lowest BCUT2D eigenvalue weighted by atomic mass is 10.1. The van der Waals surface area contributed by atoms with Gasteiger partial charge < -0.3 is 9.16 Å². The number of benzene rings is 2. The van der Waals surface area contributed by atoms with Crippen LogP contribution in [0.3, 0.4) is 0 Å². The number of esters is 1. The van der Waals surface area contributed by atoms with Gasteiger partial charge in [-0.15, -0.1) is 0 Å². The molecule has 2 aromatic rings. The number of rotatable bonds is 13. The summed E-state index contributed by atoms with van der Waals surface area (Å²) in [4.78, 5) is 12.1. The van der Waals surface area contributed by atoms with E-state index in [1.54, 1.807) is 0 Å². The van der Waals surface area contributed by atoms with E-state index in [0.717, 1.165) is 6.42 Å². The first kappa shape index (κ1) is 27.8. The molecule has 4 heteroatoms. The molecule has 2 aromatic carbocycles. The van der Waals surface area contributed by atoms with Crippen LogP contribution in [0.1, 0.15) is 66.7 Å². The molecule has 184 valence electrons. The Kier molecular flexibility index (Phi) is 11.5. The topological polar surface area (TPSA) is 35.5 Å². The zero-order valence-corrected chi connectivity index (χ0v) is 22.6. The molecule has 0 aliphatic carbocycles. The standard InChI is InChI=1S/C30H42O3Si/c1-6-8-9-10-11-14-19-26(24-25-29(31)32-7-2)33-34(30(3,4)5,27-20-15-12-16-21-27)28-22-17-13-18-23-28/h11-18,20-26H,6-10,19H2,1-5H3/b14-11-,25-24+/t26-/m0/s1. The summed E-state index contributed by atoms with van der Waals surface area (Å²) in [5, 5.41) is 2.33. The highest BCUT2D eigenvalue weighted by atomic mass is 28.4. The average Bonchev–Trinajstić information content (AvgIpc) is 2.83. The van der Waals surface area contributed by atoms with Crippen LogP contribution in [0, 0.1) is 0 Å². The van der Waals surface area contributed by atoms with E-state index in [9.17, 15) is 4.79 Å². The monoisotopic (exact) mass is 478 g/mol. The van der Waals surface area contributed by atoms with Crippen LogP contribution in [0.5, 0.6) is 0 Å². The zero-order valence-electron chi connectivity index (χ0n) is 21.6. The van der Waals surface area contributed by atoms with Gasteiger partial charge in [-0.25, -0.2) is 4.79 Å². The molecule has 0 amide bonds. The fourth-order valence-corrected chi connectivity index (χ4v) is 8.96. The number of hydrogen-bond acceptors (Lipinski definition) is 3. The van der Waals surface area contributed by atoms with Crippen molar-refractivity contribution in [3.05, 3.63) is 85.0 Å². The third kappa shape index (κ3) is 7.81. The fourth-order valence-electron chi connectivity index (χ4n) is 4.32. The summed E-state index contributed by atoms with van der Waals surface area (Å²) in [6.07, 6.45) is 13.1. The third-order valence-electron chi connectivity index (χ3n) is 5.99. The lowest BCUT2D eigenvalue weighted by Crippen LogP contribution is -2.67. The number of carbonyl (C=O) groups excluding carboxylic acids is 1. The molecule has 0 heterocycles. The van der Waals surface area contributed by atoms with E-state index >= 15 is 0 Å². The van der Waals surface area contributed by atoms with Gasteiger partial charge in [0, 0.05) is 6.08 Å². The lowest BCUT2D eigenvalue weighted by Gasteiger charge is -2.44. The summed E-state index contributed by atoms with van der Waals surface area (Å²) in [5.74, 6) is -0.328. The molecular weight excluding hydrogens is 436 g/mol. The maximum absolute atomic E-state index is 12.1. The van der Waals surface area contributed by atoms with Crippen LogP contribution in [-0.2, 0) is 14.0 Å². The van der Waals surface area contributed by atoms with Gasteiger partial charge >= 0.3 is 5.97 Å². The van der Waals surface area contributed by atoms with Crippen LogP contribution in [0.25, 0.3) is 0 Å². The van der Waals surface area contributed by atoms with Crippen LogP contribution in [0.15, 0.2) is 85.0 Å². The average molecular weight is 479 g/mol. The van der Waals surface area contributed by atoms with Crippen LogP contribution in [-0.4, -0.2) is 27.0 Å². The second-order valence-corrected chi connectivity index (χ2v) is 13.9. The van der Waals surface area contributed by atoms with E-state index in [1.807, 2.05) is 25.1 Å². The molecule has 34 heavy (non-hydrogen) atoms. The largest absolute Gasteiger partial charge is 0.463 e. The van der Waals surface area contributed by atoms with Gasteiger partial charge in [0.2, 0.25) is 0 Å². The van der Waals surface area contributed by atoms with Gasteiger partial charge in [0.25, 0.3) is 8.32 Å². The summed E-state index contributed by atoms with van der Waals surface area (Å²) in [6, 6.07) is 21.2. The minimum atomic E-state index is -2.72. The molecule has 0 aliphatic rings. The van der Waals surface area contributed by atoms with Crippen molar-refractivity contribution in [1.82, 2.24) is 0 Å². The Bertz CT molecular complexity index is 858. The van der Waals surface area contributed by atoms with Crippen LogP contribution in [0.2, 0.25) is 5.04 Å². The molecule has 0 spiro atoms. The van der Waals surface area contributed by atoms with Crippen LogP contribution < -0.4 is 10.4 Å². The minimum absolute atomic E-state index is 0.128. The SMILES string of the molecule is CCCCC/C=C\C[C@@H](/C=C/C(=O)OCC)O[Si](c1ccccc1)(c1ccccc1)C(C)(C)C. The second kappa shape index (κ2) is 14.1. The van der Waals surface area contributed by atoms with Crippen molar-refractivity contribution in [2.24, 2.45) is 0 Å². The van der Waals surface area contributed by atoms with Gasteiger partial charge in [0.05, 0.1) is 12.7 Å². The summed E-state index contributed by atoms with van der Waals surface area (Å²) in [6.45, 7) is 11.2. The van der Waals surface area contributed by atoms with Crippen LogP contribution >= 0.6 is 0 Å². The molecule has 0 saturated heterocycles. The quantitative estimate of drug-likeness (QED) is 0.107. The second-order valence-electron chi connectivity index (χ2n) is 9.63. The van der Waals surface area contributed by atoms with Crippen molar-refractivity contribution in [2.75, 3.05) is 6.61 Å². The van der Waals surface area contributed by atoms with Gasteiger partial charge in [0.15, 0.2) is 0 Å². The first-order valence-corrected chi connectivity index (χ1v) is 14.5. The summed E-state index contributed by atoms with van der Waals surface area (Å²) >= 11 is 0. The van der Waals surface area contributed by atoms with Crippen molar-refractivity contribution >= 4 is 24.7 Å². The Balaban J connectivity index is 2.49. The van der Waals surface area contributed by atoms with Gasteiger partial charge in [-0.3, -0.25) is 0 Å². The highest BCUT2D eigenvalue weighted by Gasteiger charge is 2.51. The summed E-state index contributed by atoms with van der Waals surface area (Å²) in [7, 11) is -2.72. The maximum Gasteiger partial charge on any atom is 0.330 e. The van der Waals surface area contributed by atoms with E-state index in [4.69, 9.17) is 9.16 Å². The molecule has 0 fully saturated rings. The Labute approximate surface area is 208 Å². The fraction of sp³-hybridized carbons (Fsp3) is 0.433. The van der Waals surface area contributed by atoms with Crippen molar-refractivity contribution < 1.29 is 14.0 Å². The molecule has 2 rings (SSSR count). The van der Waals surface area contributed by atoms with Gasteiger partial charge in [-0.05, 0) is 47.7 Å². The van der Waals surface area contributed by atoms with Crippen molar-refractivity contribution in [3.8, 4) is 0 Å². The molecule has 1 atom stereocenters. The zero-order chi connectivity index (χ0) is 24.9. The first-order chi connectivity index (χ1) is 16.3. The van der Waals surface area contributed by atoms with Crippen molar-refractivity contribution in [2.45, 2.75) is 77.9 Å².